The van der Waals surface area contributed by atoms with Crippen LogP contribution in [-0.2, 0) is 22.2 Å². The van der Waals surface area contributed by atoms with Gasteiger partial charge < -0.3 is 10.2 Å². The zero-order chi connectivity index (χ0) is 32.8. The summed E-state index contributed by atoms with van der Waals surface area (Å²) in [6.07, 6.45) is 2.03. The van der Waals surface area contributed by atoms with Crippen LogP contribution in [0, 0.1) is 11.3 Å². The monoisotopic (exact) mass is 627 g/mol. The van der Waals surface area contributed by atoms with Gasteiger partial charge in [-0.05, 0) is 73.2 Å². The highest BCUT2D eigenvalue weighted by atomic mass is 19.4. The van der Waals surface area contributed by atoms with Crippen LogP contribution < -0.4 is 5.32 Å². The van der Waals surface area contributed by atoms with Gasteiger partial charge in [0.25, 0.3) is 5.91 Å². The van der Waals surface area contributed by atoms with Crippen molar-refractivity contribution < 1.29 is 27.6 Å². The zero-order valence-corrected chi connectivity index (χ0v) is 25.2. The van der Waals surface area contributed by atoms with E-state index in [0.717, 1.165) is 40.7 Å². The number of amides is 2. The molecular formula is C35H32F3N5O3. The molecule has 0 radical (unpaired) electrons. The molecule has 1 saturated heterocycles. The number of ketones is 1. The van der Waals surface area contributed by atoms with Crippen LogP contribution in [0.25, 0.3) is 22.2 Å². The number of aromatic nitrogens is 3. The van der Waals surface area contributed by atoms with Gasteiger partial charge in [-0.3, -0.25) is 24.0 Å². The molecule has 46 heavy (non-hydrogen) atoms. The van der Waals surface area contributed by atoms with Gasteiger partial charge in [0.05, 0.1) is 17.1 Å². The molecule has 236 valence electrons. The standard InChI is InChI=1S/C35H32F3N5O3/c1-4-30(44)28-18-34(28,3)17-25-16-29-27(19-39-25)32(41-43(29)26-13-14-42(20-26)31(45)5-2)21-9-11-24(12-10-21)40-33(46)22-7-6-8-23(15-22)35(36,37)38/h4-12,15-16,19,26,28H,1-2,13-14,17-18,20H2,3H3,(H,40,46)/t26-,28?,34-/m1/s1. The molecule has 1 aliphatic carbocycles. The SMILES string of the molecule is C=CC(=O)C1C[C@@]1(C)Cc1cc2c(cn1)c(-c1ccc(NC(=O)c3cccc(C(F)(F)F)c3)cc1)nn2[C@@H]1CCN(C(=O)C=C)C1. The summed E-state index contributed by atoms with van der Waals surface area (Å²) >= 11 is 0. The molecule has 2 fully saturated rings. The van der Waals surface area contributed by atoms with Gasteiger partial charge in [-0.15, -0.1) is 0 Å². The normalized spacial score (nSPS) is 20.8. The number of nitrogens with zero attached hydrogens (tertiary/aromatic N) is 4. The first-order chi connectivity index (χ1) is 21.9. The Morgan fingerprint density at radius 3 is 2.54 bits per heavy atom. The maximum atomic E-state index is 13.1. The van der Waals surface area contributed by atoms with Crippen LogP contribution in [0.5, 0.6) is 0 Å². The Hall–Kier alpha value is -5.06. The average molecular weight is 628 g/mol. The summed E-state index contributed by atoms with van der Waals surface area (Å²) in [5.74, 6) is -0.817. The number of likely N-dealkylation sites (tertiary alicyclic amines) is 1. The summed E-state index contributed by atoms with van der Waals surface area (Å²) < 4.78 is 41.3. The van der Waals surface area contributed by atoms with E-state index in [4.69, 9.17) is 10.1 Å². The third-order valence-electron chi connectivity index (χ3n) is 8.99. The number of benzene rings is 2. The molecule has 6 rings (SSSR count). The van der Waals surface area contributed by atoms with E-state index >= 15 is 0 Å². The fraction of sp³-hybridized carbons (Fsp3) is 0.286. The van der Waals surface area contributed by atoms with Gasteiger partial charge in [-0.1, -0.05) is 38.3 Å². The Balaban J connectivity index is 1.29. The summed E-state index contributed by atoms with van der Waals surface area (Å²) in [7, 11) is 0. The van der Waals surface area contributed by atoms with E-state index in [1.807, 2.05) is 10.7 Å². The number of nitrogens with one attached hydrogen (secondary N) is 1. The molecule has 1 unspecified atom stereocenters. The summed E-state index contributed by atoms with van der Waals surface area (Å²) in [6, 6.07) is 13.1. The van der Waals surface area contributed by atoms with E-state index in [0.29, 0.717) is 37.3 Å². The number of carbonyl (C=O) groups excluding carboxylic acids is 3. The van der Waals surface area contributed by atoms with Gasteiger partial charge in [0, 0.05) is 53.1 Å². The molecule has 2 aromatic heterocycles. The van der Waals surface area contributed by atoms with Gasteiger partial charge in [0.15, 0.2) is 5.78 Å². The highest BCUT2D eigenvalue weighted by molar-refractivity contribution is 6.04. The minimum Gasteiger partial charge on any atom is -0.337 e. The Morgan fingerprint density at radius 1 is 1.09 bits per heavy atom. The summed E-state index contributed by atoms with van der Waals surface area (Å²) in [6.45, 7) is 10.4. The van der Waals surface area contributed by atoms with Crippen LogP contribution in [-0.4, -0.2) is 50.4 Å². The van der Waals surface area contributed by atoms with E-state index < -0.39 is 17.6 Å². The predicted octanol–water partition coefficient (Wildman–Crippen LogP) is 6.65. The second kappa shape index (κ2) is 11.7. The smallest absolute Gasteiger partial charge is 0.337 e. The first-order valence-electron chi connectivity index (χ1n) is 14.9. The van der Waals surface area contributed by atoms with Crippen molar-refractivity contribution in [2.24, 2.45) is 11.3 Å². The van der Waals surface area contributed by atoms with Crippen LogP contribution in [0.4, 0.5) is 18.9 Å². The Bertz CT molecular complexity index is 1880. The zero-order valence-electron chi connectivity index (χ0n) is 25.2. The highest BCUT2D eigenvalue weighted by Gasteiger charge is 2.53. The summed E-state index contributed by atoms with van der Waals surface area (Å²) in [4.78, 5) is 43.8. The molecule has 2 aliphatic rings. The lowest BCUT2D eigenvalue weighted by molar-refractivity contribution is -0.137. The summed E-state index contributed by atoms with van der Waals surface area (Å²) in [5, 5.41) is 8.45. The van der Waals surface area contributed by atoms with Crippen molar-refractivity contribution in [3.63, 3.8) is 0 Å². The largest absolute Gasteiger partial charge is 0.416 e. The minimum atomic E-state index is -4.56. The number of hydrogen-bond donors (Lipinski definition) is 1. The van der Waals surface area contributed by atoms with Crippen LogP contribution in [0.15, 0.2) is 86.1 Å². The van der Waals surface area contributed by atoms with Crippen LogP contribution in [0.2, 0.25) is 0 Å². The maximum Gasteiger partial charge on any atom is 0.416 e. The Kier molecular flexibility index (Phi) is 7.87. The molecule has 8 nitrogen and oxygen atoms in total. The van der Waals surface area contributed by atoms with Crippen LogP contribution in [0.3, 0.4) is 0 Å². The quantitative estimate of drug-likeness (QED) is 0.210. The van der Waals surface area contributed by atoms with Crippen molar-refractivity contribution in [1.29, 1.82) is 0 Å². The molecule has 0 spiro atoms. The first kappa shape index (κ1) is 30.9. The molecular weight excluding hydrogens is 595 g/mol. The van der Waals surface area contributed by atoms with Crippen molar-refractivity contribution in [3.8, 4) is 11.3 Å². The molecule has 1 N–H and O–H groups in total. The van der Waals surface area contributed by atoms with E-state index in [1.54, 1.807) is 35.4 Å². The van der Waals surface area contributed by atoms with Crippen molar-refractivity contribution in [2.45, 2.75) is 38.4 Å². The lowest BCUT2D eigenvalue weighted by Crippen LogP contribution is -2.27. The van der Waals surface area contributed by atoms with E-state index in [2.05, 4.69) is 25.4 Å². The highest BCUT2D eigenvalue weighted by Crippen LogP contribution is 2.55. The van der Waals surface area contributed by atoms with Gasteiger partial charge in [0.1, 0.15) is 5.69 Å². The first-order valence-corrected chi connectivity index (χ1v) is 14.9. The fourth-order valence-electron chi connectivity index (χ4n) is 6.29. The van der Waals surface area contributed by atoms with Crippen molar-refractivity contribution in [3.05, 3.63) is 103 Å². The van der Waals surface area contributed by atoms with E-state index in [-0.39, 0.29) is 34.6 Å². The van der Waals surface area contributed by atoms with Gasteiger partial charge >= 0.3 is 6.18 Å². The van der Waals surface area contributed by atoms with Crippen molar-refractivity contribution in [1.82, 2.24) is 19.7 Å². The second-order valence-corrected chi connectivity index (χ2v) is 12.2. The van der Waals surface area contributed by atoms with Crippen LogP contribution in [0.1, 0.15) is 47.4 Å². The van der Waals surface area contributed by atoms with Gasteiger partial charge in [-0.2, -0.15) is 18.3 Å². The molecule has 1 saturated carbocycles. The van der Waals surface area contributed by atoms with Gasteiger partial charge in [-0.25, -0.2) is 0 Å². The molecule has 0 bridgehead atoms. The van der Waals surface area contributed by atoms with Crippen LogP contribution >= 0.6 is 0 Å². The number of fused-ring (bicyclic) bond motifs is 1. The van der Waals surface area contributed by atoms with Crippen molar-refractivity contribution >= 4 is 34.2 Å². The lowest BCUT2D eigenvalue weighted by atomic mass is 9.97. The Labute approximate surface area is 263 Å². The number of halogens is 3. The minimum absolute atomic E-state index is 0.0447. The average Bonchev–Trinajstić information content (AvgIpc) is 3.34. The number of allylic oxidation sites excluding steroid dienone is 1. The van der Waals surface area contributed by atoms with E-state index in [1.165, 1.54) is 24.3 Å². The molecule has 2 aromatic carbocycles. The summed E-state index contributed by atoms with van der Waals surface area (Å²) in [5.41, 5.74) is 2.33. The maximum absolute atomic E-state index is 13.1. The number of hydrogen-bond acceptors (Lipinski definition) is 5. The van der Waals surface area contributed by atoms with E-state index in [9.17, 15) is 27.6 Å². The molecule has 4 aromatic rings. The lowest BCUT2D eigenvalue weighted by Gasteiger charge is -2.15. The van der Waals surface area contributed by atoms with Crippen molar-refractivity contribution in [2.75, 3.05) is 18.4 Å². The molecule has 1 aliphatic heterocycles. The number of rotatable bonds is 9. The third-order valence-corrected chi connectivity index (χ3v) is 8.99. The number of alkyl halides is 3. The number of pyridine rings is 1. The third kappa shape index (κ3) is 5.96. The predicted molar refractivity (Wildman–Crippen MR) is 168 cm³/mol. The molecule has 3 heterocycles. The molecule has 3 atom stereocenters. The second-order valence-electron chi connectivity index (χ2n) is 12.2. The van der Waals surface area contributed by atoms with Gasteiger partial charge in [0.2, 0.25) is 5.91 Å². The fourth-order valence-corrected chi connectivity index (χ4v) is 6.29. The molecule has 11 heteroatoms. The Morgan fingerprint density at radius 2 is 1.85 bits per heavy atom. The topological polar surface area (TPSA) is 97.2 Å². The molecule has 2 amide bonds. The number of anilines is 1. The number of carbonyl (C=O) groups is 3.